The van der Waals surface area contributed by atoms with Crippen molar-refractivity contribution in [3.05, 3.63) is 281 Å². The summed E-state index contributed by atoms with van der Waals surface area (Å²) < 4.78 is 9.48. The number of rotatable bonds is 7. The van der Waals surface area contributed by atoms with Crippen molar-refractivity contribution in [2.24, 2.45) is 5.92 Å². The number of hydrogen-bond acceptors (Lipinski definition) is 5. The highest BCUT2D eigenvalue weighted by Crippen LogP contribution is 2.53. The monoisotopic (exact) mass is 999 g/mol. The van der Waals surface area contributed by atoms with Crippen LogP contribution in [0.3, 0.4) is 0 Å². The van der Waals surface area contributed by atoms with Crippen LogP contribution in [-0.2, 0) is 0 Å². The van der Waals surface area contributed by atoms with Gasteiger partial charge in [-0.3, -0.25) is 9.80 Å². The minimum absolute atomic E-state index is 0.00427. The van der Waals surface area contributed by atoms with Crippen molar-refractivity contribution in [2.45, 2.75) is 68.8 Å². The SMILES string of the molecule is CC1C=CC=C(C2C=C(n3c4c(c5ccccc53)-c3ccccc3N(C3=CC(c5ccccc5)N(C)C(C5=CCC(c6cccc7ccccc67)C=C5)N3)C3=C4C=CCC3)C=C(c3cccc4c3OC3C=CC=CC43)N2)C1. The highest BCUT2D eigenvalue weighted by molar-refractivity contribution is 6.11. The van der Waals surface area contributed by atoms with E-state index in [0.29, 0.717) is 11.8 Å². The molecule has 6 nitrogen and oxygen atoms in total. The van der Waals surface area contributed by atoms with Crippen LogP contribution in [0.1, 0.15) is 78.4 Å². The lowest BCUT2D eigenvalue weighted by molar-refractivity contribution is 0.191. The van der Waals surface area contributed by atoms with E-state index in [1.807, 2.05) is 0 Å². The first-order chi connectivity index (χ1) is 38.0. The number of nitrogens with one attached hydrogen (secondary N) is 2. The summed E-state index contributed by atoms with van der Waals surface area (Å²) in [7, 11) is 2.28. The van der Waals surface area contributed by atoms with Gasteiger partial charge in [-0.25, -0.2) is 0 Å². The zero-order valence-corrected chi connectivity index (χ0v) is 43.6. The van der Waals surface area contributed by atoms with Gasteiger partial charge in [-0.2, -0.15) is 0 Å². The van der Waals surface area contributed by atoms with Crippen molar-refractivity contribution in [1.29, 1.82) is 0 Å². The van der Waals surface area contributed by atoms with E-state index in [1.54, 1.807) is 0 Å². The van der Waals surface area contributed by atoms with Crippen molar-refractivity contribution < 1.29 is 4.74 Å². The van der Waals surface area contributed by atoms with Crippen LogP contribution in [0.4, 0.5) is 5.69 Å². The van der Waals surface area contributed by atoms with Gasteiger partial charge >= 0.3 is 0 Å². The third-order valence-corrected chi connectivity index (χ3v) is 17.4. The van der Waals surface area contributed by atoms with E-state index in [0.717, 1.165) is 54.2 Å². The van der Waals surface area contributed by atoms with E-state index in [2.05, 4.69) is 270 Å². The summed E-state index contributed by atoms with van der Waals surface area (Å²) in [4.78, 5) is 5.11. The molecule has 1 aromatic heterocycles. The number of anilines is 1. The van der Waals surface area contributed by atoms with Gasteiger partial charge in [0.15, 0.2) is 0 Å². The molecule has 0 spiro atoms. The molecule has 15 rings (SSSR count). The van der Waals surface area contributed by atoms with Crippen molar-refractivity contribution in [3.63, 3.8) is 0 Å². The number of allylic oxidation sites excluding steroid dienone is 13. The summed E-state index contributed by atoms with van der Waals surface area (Å²) in [5, 5.41) is 12.2. The molecule has 0 amide bonds. The van der Waals surface area contributed by atoms with Gasteiger partial charge in [-0.05, 0) is 114 Å². The van der Waals surface area contributed by atoms with Crippen LogP contribution < -0.4 is 20.3 Å². The number of aromatic nitrogens is 1. The Kier molecular flexibility index (Phi) is 11.1. The molecular formula is C71H61N5O. The van der Waals surface area contributed by atoms with Gasteiger partial charge in [-0.1, -0.05) is 195 Å². The summed E-state index contributed by atoms with van der Waals surface area (Å²) in [5.41, 5.74) is 18.5. The van der Waals surface area contributed by atoms with Gasteiger partial charge in [0.25, 0.3) is 0 Å². The minimum atomic E-state index is -0.0907. The van der Waals surface area contributed by atoms with Crippen LogP contribution in [-0.4, -0.2) is 34.8 Å². The second-order valence-corrected chi connectivity index (χ2v) is 22.0. The molecule has 4 aliphatic carbocycles. The van der Waals surface area contributed by atoms with Gasteiger partial charge in [0, 0.05) is 62.1 Å². The topological polar surface area (TPSA) is 44.7 Å². The van der Waals surface area contributed by atoms with E-state index in [1.165, 1.54) is 83.3 Å². The van der Waals surface area contributed by atoms with E-state index in [-0.39, 0.29) is 30.3 Å². The Bertz CT molecular complexity index is 3940. The van der Waals surface area contributed by atoms with E-state index in [4.69, 9.17) is 4.74 Å². The number of fused-ring (bicyclic) bond motifs is 10. The number of likely N-dealkylation sites (N-methyl/N-ethyl adjacent to an activating group) is 1. The van der Waals surface area contributed by atoms with Gasteiger partial charge in [0.2, 0.25) is 0 Å². The van der Waals surface area contributed by atoms with Crippen molar-refractivity contribution in [1.82, 2.24) is 20.1 Å². The molecule has 0 saturated heterocycles. The van der Waals surface area contributed by atoms with Gasteiger partial charge in [0.05, 0.1) is 29.0 Å². The maximum Gasteiger partial charge on any atom is 0.133 e. The van der Waals surface area contributed by atoms with Gasteiger partial charge in [-0.15, -0.1) is 0 Å². The normalized spacial score (nSPS) is 25.0. The van der Waals surface area contributed by atoms with Gasteiger partial charge < -0.3 is 19.9 Å². The van der Waals surface area contributed by atoms with Crippen LogP contribution in [0.15, 0.2) is 253 Å². The predicted molar refractivity (Wildman–Crippen MR) is 318 cm³/mol. The van der Waals surface area contributed by atoms with Crippen LogP contribution in [0.2, 0.25) is 0 Å². The smallest absolute Gasteiger partial charge is 0.133 e. The molecule has 6 aromatic carbocycles. The highest BCUT2D eigenvalue weighted by Gasteiger charge is 2.40. The standard InChI is InChI=1S/C71H61N5O/c1-45-19-16-24-50(41-45)60-42-51(43-61(72-60)56-32-18-31-55-54-26-11-15-36-66(54)77-70(55)56)75-62-33-12-8-27-57(62)68-58-28-9-13-34-63(58)76(64-35-14-10-29-59(64)69(68)75)67-44-65(48-21-4-3-5-22-48)74(2)71(73-67)49-39-37-47(38-40-49)53-30-17-23-46-20-6-7-25-52(46)53/h3-13,15-34,36-37,39-40,42-45,47,54,60,65-66,71-73H,14,35,38,41H2,1-2H3. The van der Waals surface area contributed by atoms with Gasteiger partial charge in [0.1, 0.15) is 23.8 Å². The first-order valence-electron chi connectivity index (χ1n) is 27.8. The van der Waals surface area contributed by atoms with Crippen LogP contribution in [0.5, 0.6) is 5.75 Å². The summed E-state index contributed by atoms with van der Waals surface area (Å²) >= 11 is 0. The number of benzene rings is 6. The fourth-order valence-corrected chi connectivity index (χ4v) is 13.7. The Balaban J connectivity index is 0.899. The van der Waals surface area contributed by atoms with Crippen LogP contribution in [0, 0.1) is 5.92 Å². The first-order valence-corrected chi connectivity index (χ1v) is 27.8. The third kappa shape index (κ3) is 7.63. The molecule has 0 saturated carbocycles. The highest BCUT2D eigenvalue weighted by atomic mass is 16.5. The average Bonchev–Trinajstić information content (AvgIpc) is 4.23. The molecule has 376 valence electrons. The Labute approximate surface area is 451 Å². The molecule has 7 unspecified atom stereocenters. The Morgan fingerprint density at radius 1 is 0.688 bits per heavy atom. The van der Waals surface area contributed by atoms with Crippen LogP contribution in [0.25, 0.3) is 49.8 Å². The lowest BCUT2D eigenvalue weighted by Gasteiger charge is -2.45. The lowest BCUT2D eigenvalue weighted by atomic mass is 9.86. The number of hydrogen-bond donors (Lipinski definition) is 2. The first kappa shape index (κ1) is 45.8. The molecule has 0 fully saturated rings. The second kappa shape index (κ2) is 18.6. The summed E-state index contributed by atoms with van der Waals surface area (Å²) in [6.07, 6.45) is 38.8. The van der Waals surface area contributed by atoms with E-state index < -0.39 is 0 Å². The number of nitrogens with zero attached hydrogens (tertiary/aromatic N) is 3. The Morgan fingerprint density at radius 3 is 2.38 bits per heavy atom. The largest absolute Gasteiger partial charge is 0.484 e. The molecule has 77 heavy (non-hydrogen) atoms. The van der Waals surface area contributed by atoms with Crippen molar-refractivity contribution in [2.75, 3.05) is 11.9 Å². The maximum atomic E-state index is 6.89. The summed E-state index contributed by atoms with van der Waals surface area (Å²) in [5.74, 6) is 3.01. The summed E-state index contributed by atoms with van der Waals surface area (Å²) in [6, 6.07) is 51.5. The Morgan fingerprint density at radius 2 is 1.48 bits per heavy atom. The van der Waals surface area contributed by atoms with Crippen LogP contribution >= 0.6 is 0 Å². The second-order valence-electron chi connectivity index (χ2n) is 22.0. The van der Waals surface area contributed by atoms with E-state index >= 15 is 0 Å². The molecule has 7 aromatic rings. The number of dihydropyridines is 1. The quantitative estimate of drug-likeness (QED) is 0.167. The summed E-state index contributed by atoms with van der Waals surface area (Å²) in [6.45, 7) is 2.32. The number of ether oxygens (including phenoxy) is 1. The molecule has 2 N–H and O–H groups in total. The predicted octanol–water partition coefficient (Wildman–Crippen LogP) is 15.8. The molecule has 8 aliphatic rings. The van der Waals surface area contributed by atoms with Crippen molar-refractivity contribution >= 4 is 44.3 Å². The molecule has 0 bridgehead atoms. The Hall–Kier alpha value is -8.58. The minimum Gasteiger partial charge on any atom is -0.484 e. The molecule has 7 atom stereocenters. The molecular weight excluding hydrogens is 939 g/mol. The zero-order valence-electron chi connectivity index (χ0n) is 43.6. The van der Waals surface area contributed by atoms with Crippen molar-refractivity contribution in [3.8, 4) is 16.9 Å². The zero-order chi connectivity index (χ0) is 51.1. The average molecular weight is 1000 g/mol. The fourth-order valence-electron chi connectivity index (χ4n) is 13.7. The molecule has 4 aliphatic heterocycles. The fraction of sp³-hybridized carbons (Fsp3) is 0.183. The molecule has 6 heteroatoms. The lowest BCUT2D eigenvalue weighted by Crippen LogP contribution is -2.52. The van der Waals surface area contributed by atoms with E-state index in [9.17, 15) is 0 Å². The maximum absolute atomic E-state index is 6.89. The molecule has 5 heterocycles. The number of para-hydroxylation sites is 3. The third-order valence-electron chi connectivity index (χ3n) is 17.4. The molecule has 0 radical (unpaired) electrons.